The number of aromatic nitrogens is 2. The Bertz CT molecular complexity index is 589. The maximum Gasteiger partial charge on any atom is 0.221 e. The van der Waals surface area contributed by atoms with Crippen LogP contribution < -0.4 is 10.6 Å². The van der Waals surface area contributed by atoms with Crippen molar-refractivity contribution in [2.75, 3.05) is 17.2 Å². The van der Waals surface area contributed by atoms with Gasteiger partial charge in [-0.3, -0.25) is 0 Å². The number of nitrogen functional groups attached to an aromatic ring is 1. The van der Waals surface area contributed by atoms with Gasteiger partial charge in [0.15, 0.2) is 0 Å². The molecular weight excluding hydrogens is 238 g/mol. The van der Waals surface area contributed by atoms with Gasteiger partial charge in [-0.1, -0.05) is 18.2 Å². The highest BCUT2D eigenvalue weighted by atomic mass is 15.2. The molecule has 2 rings (SSSR count). The standard InChI is InChI=1S/C14H15N5/c1-11-10-17-14(16)18-13(11)19(9-5-8-15)12-6-3-2-4-7-12/h2-4,6-7,10H,5,9H2,1H3,(H2,16,17,18). The fourth-order valence-electron chi connectivity index (χ4n) is 1.85. The van der Waals surface area contributed by atoms with Gasteiger partial charge in [-0.2, -0.15) is 10.2 Å². The van der Waals surface area contributed by atoms with Crippen LogP contribution in [0.15, 0.2) is 36.5 Å². The van der Waals surface area contributed by atoms with Gasteiger partial charge in [0.25, 0.3) is 0 Å². The Hall–Kier alpha value is -2.61. The molecule has 1 aromatic carbocycles. The first-order valence-electron chi connectivity index (χ1n) is 6.01. The first kappa shape index (κ1) is 12.8. The molecule has 96 valence electrons. The molecule has 0 aliphatic heterocycles. The molecule has 0 saturated heterocycles. The van der Waals surface area contributed by atoms with E-state index in [0.717, 1.165) is 17.1 Å². The quantitative estimate of drug-likeness (QED) is 0.905. The molecule has 0 fully saturated rings. The van der Waals surface area contributed by atoms with E-state index in [1.165, 1.54) is 0 Å². The molecule has 0 saturated carbocycles. The Balaban J connectivity index is 2.43. The first-order chi connectivity index (χ1) is 9.22. The Morgan fingerprint density at radius 1 is 1.32 bits per heavy atom. The highest BCUT2D eigenvalue weighted by Crippen LogP contribution is 2.26. The molecule has 1 heterocycles. The molecule has 5 nitrogen and oxygen atoms in total. The number of rotatable bonds is 4. The average molecular weight is 253 g/mol. The van der Waals surface area contributed by atoms with Crippen molar-refractivity contribution in [1.82, 2.24) is 9.97 Å². The third kappa shape index (κ3) is 2.99. The topological polar surface area (TPSA) is 78.8 Å². The number of anilines is 3. The summed E-state index contributed by atoms with van der Waals surface area (Å²) in [4.78, 5) is 10.2. The van der Waals surface area contributed by atoms with Crippen LogP contribution in [0.5, 0.6) is 0 Å². The number of hydrogen-bond acceptors (Lipinski definition) is 5. The molecule has 2 aromatic rings. The second-order valence-corrected chi connectivity index (χ2v) is 4.13. The van der Waals surface area contributed by atoms with E-state index in [2.05, 4.69) is 16.0 Å². The fourth-order valence-corrected chi connectivity index (χ4v) is 1.85. The van der Waals surface area contributed by atoms with Crippen molar-refractivity contribution in [1.29, 1.82) is 5.26 Å². The van der Waals surface area contributed by atoms with E-state index in [1.54, 1.807) is 6.20 Å². The minimum atomic E-state index is 0.235. The maximum atomic E-state index is 8.80. The largest absolute Gasteiger partial charge is 0.368 e. The molecule has 2 N–H and O–H groups in total. The van der Waals surface area contributed by atoms with Crippen LogP contribution in [0.25, 0.3) is 0 Å². The van der Waals surface area contributed by atoms with Gasteiger partial charge >= 0.3 is 0 Å². The van der Waals surface area contributed by atoms with Crippen molar-refractivity contribution < 1.29 is 0 Å². The number of benzene rings is 1. The zero-order valence-electron chi connectivity index (χ0n) is 10.7. The van der Waals surface area contributed by atoms with E-state index in [9.17, 15) is 0 Å². The van der Waals surface area contributed by atoms with Gasteiger partial charge in [-0.05, 0) is 19.1 Å². The Morgan fingerprint density at radius 2 is 2.05 bits per heavy atom. The van der Waals surface area contributed by atoms with Crippen molar-refractivity contribution in [3.05, 3.63) is 42.1 Å². The van der Waals surface area contributed by atoms with Crippen molar-refractivity contribution in [3.63, 3.8) is 0 Å². The van der Waals surface area contributed by atoms with Crippen molar-refractivity contribution in [3.8, 4) is 6.07 Å². The molecule has 0 amide bonds. The third-order valence-electron chi connectivity index (χ3n) is 2.73. The van der Waals surface area contributed by atoms with E-state index in [-0.39, 0.29) is 5.95 Å². The zero-order chi connectivity index (χ0) is 13.7. The summed E-state index contributed by atoms with van der Waals surface area (Å²) in [5, 5.41) is 8.80. The fraction of sp³-hybridized carbons (Fsp3) is 0.214. The highest BCUT2D eigenvalue weighted by Gasteiger charge is 2.13. The number of nitriles is 1. The average Bonchev–Trinajstić information content (AvgIpc) is 2.44. The molecule has 0 atom stereocenters. The van der Waals surface area contributed by atoms with Crippen molar-refractivity contribution in [2.24, 2.45) is 0 Å². The molecule has 19 heavy (non-hydrogen) atoms. The van der Waals surface area contributed by atoms with Crippen LogP contribution >= 0.6 is 0 Å². The van der Waals surface area contributed by atoms with Gasteiger partial charge in [-0.15, -0.1) is 0 Å². The summed E-state index contributed by atoms with van der Waals surface area (Å²) in [5.74, 6) is 0.979. The highest BCUT2D eigenvalue weighted by molar-refractivity contribution is 5.63. The van der Waals surface area contributed by atoms with Gasteiger partial charge in [0.05, 0.1) is 12.5 Å². The second-order valence-electron chi connectivity index (χ2n) is 4.13. The van der Waals surface area contributed by atoms with Crippen LogP contribution in [0.4, 0.5) is 17.5 Å². The number of hydrogen-bond donors (Lipinski definition) is 1. The number of aryl methyl sites for hydroxylation is 1. The molecule has 0 radical (unpaired) electrons. The first-order valence-corrected chi connectivity index (χ1v) is 6.01. The molecule has 5 heteroatoms. The summed E-state index contributed by atoms with van der Waals surface area (Å²) < 4.78 is 0. The normalized spacial score (nSPS) is 9.89. The molecular formula is C14H15N5. The predicted molar refractivity (Wildman–Crippen MR) is 74.9 cm³/mol. The Kier molecular flexibility index (Phi) is 3.94. The van der Waals surface area contributed by atoms with E-state index < -0.39 is 0 Å². The van der Waals surface area contributed by atoms with Gasteiger partial charge in [0, 0.05) is 24.0 Å². The van der Waals surface area contributed by atoms with Gasteiger partial charge in [0.1, 0.15) is 5.82 Å². The lowest BCUT2D eigenvalue weighted by molar-refractivity contribution is 0.914. The number of nitrogens with two attached hydrogens (primary N) is 1. The Morgan fingerprint density at radius 3 is 2.74 bits per heavy atom. The summed E-state index contributed by atoms with van der Waals surface area (Å²) >= 11 is 0. The van der Waals surface area contributed by atoms with Crippen molar-refractivity contribution >= 4 is 17.5 Å². The van der Waals surface area contributed by atoms with Crippen LogP contribution in [0.2, 0.25) is 0 Å². The second kappa shape index (κ2) is 5.83. The lowest BCUT2D eigenvalue weighted by Gasteiger charge is -2.24. The minimum Gasteiger partial charge on any atom is -0.368 e. The predicted octanol–water partition coefficient (Wildman–Crippen LogP) is 2.42. The molecule has 1 aromatic heterocycles. The number of nitrogens with zero attached hydrogens (tertiary/aromatic N) is 4. The van der Waals surface area contributed by atoms with Gasteiger partial charge in [-0.25, -0.2) is 4.98 Å². The number of para-hydroxylation sites is 1. The zero-order valence-corrected chi connectivity index (χ0v) is 10.7. The summed E-state index contributed by atoms with van der Waals surface area (Å²) in [5.41, 5.74) is 7.57. The van der Waals surface area contributed by atoms with Gasteiger partial charge in [0.2, 0.25) is 5.95 Å². The lowest BCUT2D eigenvalue weighted by Crippen LogP contribution is -2.21. The molecule has 0 aliphatic rings. The SMILES string of the molecule is Cc1cnc(N)nc1N(CCC#N)c1ccccc1. The minimum absolute atomic E-state index is 0.235. The Labute approximate surface area is 112 Å². The van der Waals surface area contributed by atoms with Crippen LogP contribution in [-0.4, -0.2) is 16.5 Å². The van der Waals surface area contributed by atoms with E-state index in [0.29, 0.717) is 13.0 Å². The van der Waals surface area contributed by atoms with Crippen LogP contribution in [0, 0.1) is 18.3 Å². The monoisotopic (exact) mass is 253 g/mol. The van der Waals surface area contributed by atoms with E-state index in [4.69, 9.17) is 11.0 Å². The maximum absolute atomic E-state index is 8.80. The van der Waals surface area contributed by atoms with Crippen LogP contribution in [-0.2, 0) is 0 Å². The summed E-state index contributed by atoms with van der Waals surface area (Å²) in [6.45, 7) is 2.49. The smallest absolute Gasteiger partial charge is 0.221 e. The van der Waals surface area contributed by atoms with Crippen molar-refractivity contribution in [2.45, 2.75) is 13.3 Å². The molecule has 0 unspecified atom stereocenters. The lowest BCUT2D eigenvalue weighted by atomic mass is 10.2. The van der Waals surface area contributed by atoms with E-state index in [1.807, 2.05) is 42.2 Å². The van der Waals surface area contributed by atoms with Gasteiger partial charge < -0.3 is 10.6 Å². The molecule has 0 aliphatic carbocycles. The van der Waals surface area contributed by atoms with Crippen LogP contribution in [0.3, 0.4) is 0 Å². The summed E-state index contributed by atoms with van der Waals surface area (Å²) in [7, 11) is 0. The molecule has 0 spiro atoms. The summed E-state index contributed by atoms with van der Waals surface area (Å²) in [6, 6.07) is 12.0. The van der Waals surface area contributed by atoms with E-state index >= 15 is 0 Å². The molecule has 0 bridgehead atoms. The van der Waals surface area contributed by atoms with Crippen LogP contribution in [0.1, 0.15) is 12.0 Å². The summed E-state index contributed by atoms with van der Waals surface area (Å²) in [6.07, 6.45) is 2.11. The third-order valence-corrected chi connectivity index (χ3v) is 2.73.